The van der Waals surface area contributed by atoms with E-state index >= 15 is 0 Å². The van der Waals surface area contributed by atoms with E-state index in [1.807, 2.05) is 13.8 Å². The van der Waals surface area contributed by atoms with Crippen LogP contribution in [0.5, 0.6) is 17.2 Å². The molecule has 50 heavy (non-hydrogen) atoms. The zero-order valence-electron chi connectivity index (χ0n) is 29.1. The monoisotopic (exact) mass is 715 g/mol. The van der Waals surface area contributed by atoms with Crippen molar-refractivity contribution in [3.63, 3.8) is 0 Å². The molecule has 1 saturated heterocycles. The van der Waals surface area contributed by atoms with Gasteiger partial charge >= 0.3 is 17.9 Å². The van der Waals surface area contributed by atoms with Crippen LogP contribution in [0.4, 0.5) is 4.39 Å². The highest BCUT2D eigenvalue weighted by atomic mass is 32.2. The highest BCUT2D eigenvalue weighted by Crippen LogP contribution is 2.59. The maximum absolute atomic E-state index is 14.8. The number of hydrogen-bond acceptors (Lipinski definition) is 11. The van der Waals surface area contributed by atoms with Gasteiger partial charge in [-0.1, -0.05) is 41.5 Å². The van der Waals surface area contributed by atoms with Crippen molar-refractivity contribution in [1.82, 2.24) is 0 Å². The molecule has 2 aromatic carbocycles. The minimum atomic E-state index is -4.78. The number of carbonyl (C=O) groups excluding carboxylic acids is 3. The van der Waals surface area contributed by atoms with Crippen LogP contribution in [0.25, 0.3) is 0 Å². The molecule has 0 aromatic heterocycles. The van der Waals surface area contributed by atoms with Crippen molar-refractivity contribution < 1.29 is 55.4 Å². The van der Waals surface area contributed by atoms with E-state index in [-0.39, 0.29) is 40.9 Å². The molecule has 13 heteroatoms. The normalized spacial score (nSPS) is 26.6. The first-order valence-corrected chi connectivity index (χ1v) is 18.8. The van der Waals surface area contributed by atoms with Crippen LogP contribution in [0.15, 0.2) is 35.2 Å². The molecule has 0 N–H and O–H groups in total. The van der Waals surface area contributed by atoms with Gasteiger partial charge in [0.05, 0.1) is 22.8 Å². The van der Waals surface area contributed by atoms with Crippen LogP contribution < -0.4 is 14.2 Å². The van der Waals surface area contributed by atoms with Gasteiger partial charge in [-0.25, -0.2) is 17.6 Å². The lowest BCUT2D eigenvalue weighted by atomic mass is 9.78. The van der Waals surface area contributed by atoms with Gasteiger partial charge in [0.2, 0.25) is 0 Å². The molecular formula is C37H44FO11S-. The highest BCUT2D eigenvalue weighted by Gasteiger charge is 2.69. The Bertz CT molecular complexity index is 1750. The molecule has 1 heterocycles. The summed E-state index contributed by atoms with van der Waals surface area (Å²) in [6.07, 6.45) is 2.62. The summed E-state index contributed by atoms with van der Waals surface area (Å²) in [5.74, 6) is -5.24. The van der Waals surface area contributed by atoms with Crippen molar-refractivity contribution in [2.75, 3.05) is 6.61 Å². The van der Waals surface area contributed by atoms with Crippen molar-refractivity contribution in [3.8, 4) is 17.2 Å². The molecule has 1 aliphatic heterocycles. The Morgan fingerprint density at radius 1 is 0.980 bits per heavy atom. The van der Waals surface area contributed by atoms with Crippen LogP contribution in [-0.4, -0.2) is 55.3 Å². The number of hydrogen-bond donors (Lipinski definition) is 0. The first-order valence-electron chi connectivity index (χ1n) is 17.4. The van der Waals surface area contributed by atoms with Gasteiger partial charge in [-0.05, 0) is 85.3 Å². The van der Waals surface area contributed by atoms with E-state index in [1.54, 1.807) is 27.7 Å². The lowest BCUT2D eigenvalue weighted by molar-refractivity contribution is -0.151. The summed E-state index contributed by atoms with van der Waals surface area (Å²) in [4.78, 5) is 39.5. The van der Waals surface area contributed by atoms with Gasteiger partial charge < -0.3 is 28.2 Å². The van der Waals surface area contributed by atoms with Crippen LogP contribution in [0.1, 0.15) is 96.6 Å². The molecule has 0 spiro atoms. The van der Waals surface area contributed by atoms with Gasteiger partial charge in [0.1, 0.15) is 39.9 Å². The second-order valence-electron chi connectivity index (χ2n) is 15.0. The Hall–Kier alpha value is -3.55. The zero-order chi connectivity index (χ0) is 36.3. The predicted octanol–water partition coefficient (Wildman–Crippen LogP) is 6.03. The van der Waals surface area contributed by atoms with Gasteiger partial charge in [-0.3, -0.25) is 9.59 Å². The van der Waals surface area contributed by atoms with Crippen LogP contribution in [0.3, 0.4) is 0 Å². The molecule has 6 atom stereocenters. The molecule has 6 rings (SSSR count). The molecule has 4 fully saturated rings. The molecule has 4 aliphatic rings. The topological polar surface area (TPSA) is 155 Å². The number of carbonyl (C=O) groups is 3. The smallest absolute Gasteiger partial charge is 0.337 e. The largest absolute Gasteiger partial charge is 0.744 e. The van der Waals surface area contributed by atoms with E-state index < -0.39 is 80.9 Å². The van der Waals surface area contributed by atoms with Crippen LogP contribution in [0.2, 0.25) is 0 Å². The average Bonchev–Trinajstić information content (AvgIpc) is 3.79. The Labute approximate surface area is 291 Å². The van der Waals surface area contributed by atoms with E-state index in [0.29, 0.717) is 17.5 Å². The van der Waals surface area contributed by atoms with Crippen LogP contribution in [0, 0.1) is 35.4 Å². The third kappa shape index (κ3) is 6.64. The summed E-state index contributed by atoms with van der Waals surface area (Å²) in [7, 11) is -4.78. The minimum Gasteiger partial charge on any atom is -0.744 e. The third-order valence-electron chi connectivity index (χ3n) is 11.0. The Balaban J connectivity index is 1.17. The van der Waals surface area contributed by atoms with Crippen molar-refractivity contribution in [2.24, 2.45) is 29.6 Å². The van der Waals surface area contributed by atoms with Gasteiger partial charge in [0.15, 0.2) is 11.6 Å². The molecule has 3 aliphatic carbocycles. The molecule has 6 unspecified atom stereocenters. The van der Waals surface area contributed by atoms with Crippen molar-refractivity contribution >= 4 is 28.0 Å². The number of fused-ring (bicyclic) bond motifs is 1. The third-order valence-corrected chi connectivity index (χ3v) is 11.8. The van der Waals surface area contributed by atoms with Crippen LogP contribution >= 0.6 is 0 Å². The van der Waals surface area contributed by atoms with E-state index in [9.17, 15) is 31.7 Å². The fraction of sp³-hybridized carbons (Fsp3) is 0.595. The Morgan fingerprint density at radius 3 is 2.20 bits per heavy atom. The highest BCUT2D eigenvalue weighted by molar-refractivity contribution is 7.85. The van der Waals surface area contributed by atoms with E-state index in [1.165, 1.54) is 30.3 Å². The Kier molecular flexibility index (Phi) is 9.81. The van der Waals surface area contributed by atoms with Gasteiger partial charge in [-0.2, -0.15) is 0 Å². The average molecular weight is 716 g/mol. The van der Waals surface area contributed by atoms with E-state index in [0.717, 1.165) is 25.7 Å². The number of benzene rings is 2. The van der Waals surface area contributed by atoms with Crippen molar-refractivity contribution in [1.29, 1.82) is 0 Å². The zero-order valence-corrected chi connectivity index (χ0v) is 29.9. The Morgan fingerprint density at radius 2 is 1.62 bits per heavy atom. The van der Waals surface area contributed by atoms with Gasteiger partial charge in [0, 0.05) is 17.9 Å². The van der Waals surface area contributed by atoms with Gasteiger partial charge in [0.25, 0.3) is 0 Å². The molecule has 2 aromatic rings. The second kappa shape index (κ2) is 13.5. The minimum absolute atomic E-state index is 0.00993. The van der Waals surface area contributed by atoms with Gasteiger partial charge in [-0.15, -0.1) is 0 Å². The standard InChI is InChI=1S/C37H45FO11S/c1-18(2)23-14-22(50(42,43)44)15-24(19(3)4)32(23)47-35(40)30-25-16-26-31(30)36(41)48-34(26)33(25)45-17-29(39)46-21-9-10-27(38)28(13-21)49-37(20(5)6)11-7-8-12-37/h9-10,13-15,18-20,25-26,30-31,33-34H,7-8,11-12,16-17H2,1-6H3,(H,42,43,44)/p-1. The van der Waals surface area contributed by atoms with Crippen molar-refractivity contribution in [3.05, 3.63) is 47.3 Å². The fourth-order valence-electron chi connectivity index (χ4n) is 8.41. The summed E-state index contributed by atoms with van der Waals surface area (Å²) in [5.41, 5.74) is 0.263. The lowest BCUT2D eigenvalue weighted by Crippen LogP contribution is -2.44. The molecule has 0 amide bonds. The van der Waals surface area contributed by atoms with Crippen molar-refractivity contribution in [2.45, 2.75) is 108 Å². The maximum atomic E-state index is 14.8. The van der Waals surface area contributed by atoms with E-state index in [4.69, 9.17) is 23.7 Å². The molecular weight excluding hydrogens is 671 g/mol. The SMILES string of the molecule is CC(C)c1cc(S(=O)(=O)[O-])cc(C(C)C)c1OC(=O)C1C2CC3C(OC(=O)C31)C2OCC(=O)Oc1ccc(F)c(OC2(C(C)C)CCCC2)c1. The number of halogens is 1. The quantitative estimate of drug-likeness (QED) is 0.144. The molecule has 3 saturated carbocycles. The van der Waals surface area contributed by atoms with Crippen LogP contribution in [-0.2, 0) is 34.0 Å². The molecule has 11 nitrogen and oxygen atoms in total. The first kappa shape index (κ1) is 36.2. The summed E-state index contributed by atoms with van der Waals surface area (Å²) in [6, 6.07) is 6.34. The number of ether oxygens (including phenoxy) is 5. The summed E-state index contributed by atoms with van der Waals surface area (Å²) in [5, 5.41) is 0. The van der Waals surface area contributed by atoms with E-state index in [2.05, 4.69) is 0 Å². The lowest BCUT2D eigenvalue weighted by Gasteiger charge is -2.34. The molecule has 272 valence electrons. The molecule has 0 radical (unpaired) electrons. The predicted molar refractivity (Wildman–Crippen MR) is 175 cm³/mol. The second-order valence-corrected chi connectivity index (χ2v) is 16.4. The molecule has 2 bridgehead atoms. The maximum Gasteiger partial charge on any atom is 0.337 e. The number of esters is 3. The number of rotatable bonds is 12. The summed E-state index contributed by atoms with van der Waals surface area (Å²) < 4.78 is 79.9. The fourth-order valence-corrected chi connectivity index (χ4v) is 8.95. The first-order chi connectivity index (χ1) is 23.5. The summed E-state index contributed by atoms with van der Waals surface area (Å²) >= 11 is 0. The summed E-state index contributed by atoms with van der Waals surface area (Å²) in [6.45, 7) is 10.7.